The van der Waals surface area contributed by atoms with Gasteiger partial charge in [0.15, 0.2) is 0 Å². The minimum absolute atomic E-state index is 0.0785. The highest BCUT2D eigenvalue weighted by atomic mass is 19.4. The number of hydrogen-bond donors (Lipinski definition) is 3. The van der Waals surface area contributed by atoms with Gasteiger partial charge in [0.05, 0.1) is 28.6 Å². The molecule has 1 aromatic heterocycles. The SMILES string of the molecule is CC1(O)CCN(c2ccc3nncc(NCc4cc(O)cc(C(F)(F)F)c4)c3c2)CC1. The molecule has 2 heterocycles. The van der Waals surface area contributed by atoms with E-state index in [0.717, 1.165) is 30.2 Å². The molecule has 0 bridgehead atoms. The summed E-state index contributed by atoms with van der Waals surface area (Å²) in [6, 6.07) is 8.78. The third-order valence-electron chi connectivity index (χ3n) is 5.62. The zero-order valence-electron chi connectivity index (χ0n) is 16.9. The smallest absolute Gasteiger partial charge is 0.416 e. The fraction of sp³-hybridized carbons (Fsp3) is 0.364. The number of aromatic hydroxyl groups is 1. The largest absolute Gasteiger partial charge is 0.508 e. The van der Waals surface area contributed by atoms with Gasteiger partial charge >= 0.3 is 6.18 Å². The molecule has 6 nitrogen and oxygen atoms in total. The van der Waals surface area contributed by atoms with E-state index in [9.17, 15) is 23.4 Å². The average Bonchev–Trinajstić information content (AvgIpc) is 2.71. The Labute approximate surface area is 177 Å². The predicted molar refractivity (Wildman–Crippen MR) is 112 cm³/mol. The number of nitrogens with one attached hydrogen (secondary N) is 1. The molecular formula is C22H23F3N4O2. The van der Waals surface area contributed by atoms with E-state index in [4.69, 9.17) is 0 Å². The lowest BCUT2D eigenvalue weighted by Crippen LogP contribution is -2.42. The van der Waals surface area contributed by atoms with E-state index in [1.807, 2.05) is 25.1 Å². The second-order valence-electron chi connectivity index (χ2n) is 8.18. The topological polar surface area (TPSA) is 81.5 Å². The molecule has 0 aliphatic carbocycles. The van der Waals surface area contributed by atoms with E-state index in [1.165, 1.54) is 12.3 Å². The maximum Gasteiger partial charge on any atom is 0.416 e. The van der Waals surface area contributed by atoms with E-state index >= 15 is 0 Å². The van der Waals surface area contributed by atoms with Gasteiger partial charge in [-0.05, 0) is 61.7 Å². The van der Waals surface area contributed by atoms with Gasteiger partial charge in [-0.25, -0.2) is 0 Å². The van der Waals surface area contributed by atoms with Crippen molar-refractivity contribution in [2.45, 2.75) is 38.1 Å². The number of phenols is 1. The summed E-state index contributed by atoms with van der Waals surface area (Å²) in [4.78, 5) is 2.19. The van der Waals surface area contributed by atoms with Crippen LogP contribution < -0.4 is 10.2 Å². The number of hydrogen-bond acceptors (Lipinski definition) is 6. The molecular weight excluding hydrogens is 409 g/mol. The second kappa shape index (κ2) is 7.88. The first-order valence-electron chi connectivity index (χ1n) is 9.98. The van der Waals surface area contributed by atoms with Crippen molar-refractivity contribution >= 4 is 22.3 Å². The molecule has 0 saturated carbocycles. The van der Waals surface area contributed by atoms with Gasteiger partial charge in [0.25, 0.3) is 0 Å². The number of phenolic OH excluding ortho intramolecular Hbond substituents is 1. The molecule has 3 aromatic rings. The third-order valence-corrected chi connectivity index (χ3v) is 5.62. The van der Waals surface area contributed by atoms with Crippen LogP contribution in [-0.4, -0.2) is 39.1 Å². The lowest BCUT2D eigenvalue weighted by molar-refractivity contribution is -0.137. The molecule has 2 aromatic carbocycles. The van der Waals surface area contributed by atoms with Crippen molar-refractivity contribution < 1.29 is 23.4 Å². The molecule has 9 heteroatoms. The molecule has 0 radical (unpaired) electrons. The molecule has 164 valence electrons. The third kappa shape index (κ3) is 4.82. The number of fused-ring (bicyclic) bond motifs is 1. The maximum absolute atomic E-state index is 13.0. The van der Waals surface area contributed by atoms with Crippen molar-refractivity contribution in [2.75, 3.05) is 23.3 Å². The number of piperidine rings is 1. The molecule has 0 amide bonds. The molecule has 4 rings (SSSR count). The summed E-state index contributed by atoms with van der Waals surface area (Å²) in [5.74, 6) is -0.437. The number of anilines is 2. The van der Waals surface area contributed by atoms with Crippen LogP contribution in [0.2, 0.25) is 0 Å². The van der Waals surface area contributed by atoms with Gasteiger partial charge in [-0.15, -0.1) is 0 Å². The summed E-state index contributed by atoms with van der Waals surface area (Å²) in [6.45, 7) is 3.37. The normalized spacial score (nSPS) is 16.5. The Morgan fingerprint density at radius 3 is 2.58 bits per heavy atom. The van der Waals surface area contributed by atoms with Crippen LogP contribution in [0.15, 0.2) is 42.6 Å². The van der Waals surface area contributed by atoms with Crippen LogP contribution in [0.4, 0.5) is 24.5 Å². The fourth-order valence-corrected chi connectivity index (χ4v) is 3.77. The maximum atomic E-state index is 13.0. The van der Waals surface area contributed by atoms with Crippen molar-refractivity contribution in [1.82, 2.24) is 10.2 Å². The molecule has 1 aliphatic heterocycles. The predicted octanol–water partition coefficient (Wildman–Crippen LogP) is 4.32. The Morgan fingerprint density at radius 2 is 1.87 bits per heavy atom. The van der Waals surface area contributed by atoms with E-state index in [2.05, 4.69) is 20.4 Å². The molecule has 3 N–H and O–H groups in total. The fourth-order valence-electron chi connectivity index (χ4n) is 3.77. The Morgan fingerprint density at radius 1 is 1.13 bits per heavy atom. The first kappa shape index (κ1) is 21.2. The van der Waals surface area contributed by atoms with Crippen LogP contribution in [0, 0.1) is 0 Å². The summed E-state index contributed by atoms with van der Waals surface area (Å²) in [5.41, 5.74) is 1.02. The number of aromatic nitrogens is 2. The standard InChI is InChI=1S/C22H23F3N4O2/c1-21(31)4-6-29(7-5-21)16-2-3-19-18(11-16)20(13-27-28-19)26-12-14-8-15(22(23,24)25)10-17(30)9-14/h2-3,8-11,13,30-31H,4-7,12H2,1H3,(H,26,28). The van der Waals surface area contributed by atoms with Crippen molar-refractivity contribution in [3.63, 3.8) is 0 Å². The first-order chi connectivity index (χ1) is 14.6. The van der Waals surface area contributed by atoms with Crippen LogP contribution >= 0.6 is 0 Å². The van der Waals surface area contributed by atoms with Gasteiger partial charge in [0.1, 0.15) is 5.75 Å². The van der Waals surface area contributed by atoms with Gasteiger partial charge in [-0.2, -0.15) is 23.4 Å². The van der Waals surface area contributed by atoms with Gasteiger partial charge in [-0.3, -0.25) is 0 Å². The number of nitrogens with zero attached hydrogens (tertiary/aromatic N) is 3. The molecule has 0 atom stereocenters. The van der Waals surface area contributed by atoms with E-state index < -0.39 is 23.1 Å². The number of rotatable bonds is 4. The molecule has 0 unspecified atom stereocenters. The number of halogens is 3. The van der Waals surface area contributed by atoms with Crippen LogP contribution in [0.25, 0.3) is 10.9 Å². The quantitative estimate of drug-likeness (QED) is 0.570. The number of aliphatic hydroxyl groups is 1. The van der Waals surface area contributed by atoms with Crippen molar-refractivity contribution in [1.29, 1.82) is 0 Å². The highest BCUT2D eigenvalue weighted by Crippen LogP contribution is 2.33. The minimum Gasteiger partial charge on any atom is -0.508 e. The van der Waals surface area contributed by atoms with E-state index in [-0.39, 0.29) is 6.54 Å². The Hall–Kier alpha value is -3.07. The summed E-state index contributed by atoms with van der Waals surface area (Å²) in [7, 11) is 0. The van der Waals surface area contributed by atoms with Crippen molar-refractivity contribution in [3.05, 3.63) is 53.7 Å². The van der Waals surface area contributed by atoms with Crippen molar-refractivity contribution in [2.24, 2.45) is 0 Å². The van der Waals surface area contributed by atoms with Gasteiger partial charge < -0.3 is 20.4 Å². The number of alkyl halides is 3. The van der Waals surface area contributed by atoms with Crippen LogP contribution in [0.3, 0.4) is 0 Å². The summed E-state index contributed by atoms with van der Waals surface area (Å²) in [5, 5.41) is 31.9. The average molecular weight is 432 g/mol. The molecule has 1 fully saturated rings. The highest BCUT2D eigenvalue weighted by Gasteiger charge is 2.31. The first-order valence-corrected chi connectivity index (χ1v) is 9.98. The van der Waals surface area contributed by atoms with Crippen molar-refractivity contribution in [3.8, 4) is 5.75 Å². The summed E-state index contributed by atoms with van der Waals surface area (Å²) >= 11 is 0. The van der Waals surface area contributed by atoms with Crippen LogP contribution in [0.1, 0.15) is 30.9 Å². The monoisotopic (exact) mass is 432 g/mol. The minimum atomic E-state index is -4.54. The highest BCUT2D eigenvalue weighted by molar-refractivity contribution is 5.92. The summed E-state index contributed by atoms with van der Waals surface area (Å²) < 4.78 is 39.1. The molecule has 1 aliphatic rings. The Bertz CT molecular complexity index is 1090. The molecule has 1 saturated heterocycles. The summed E-state index contributed by atoms with van der Waals surface area (Å²) in [6.07, 6.45) is -1.67. The Kier molecular flexibility index (Phi) is 5.38. The van der Waals surface area contributed by atoms with E-state index in [1.54, 1.807) is 0 Å². The van der Waals surface area contributed by atoms with E-state index in [0.29, 0.717) is 35.7 Å². The zero-order valence-corrected chi connectivity index (χ0v) is 16.9. The van der Waals surface area contributed by atoms with Crippen LogP contribution in [0.5, 0.6) is 5.75 Å². The lowest BCUT2D eigenvalue weighted by atomic mass is 9.93. The molecule has 0 spiro atoms. The second-order valence-corrected chi connectivity index (χ2v) is 8.18. The Balaban J connectivity index is 1.58. The van der Waals surface area contributed by atoms with Gasteiger partial charge in [0.2, 0.25) is 0 Å². The van der Waals surface area contributed by atoms with Gasteiger partial charge in [-0.1, -0.05) is 0 Å². The molecule has 31 heavy (non-hydrogen) atoms. The van der Waals surface area contributed by atoms with Gasteiger partial charge in [0, 0.05) is 30.7 Å². The lowest BCUT2D eigenvalue weighted by Gasteiger charge is -2.37. The number of benzene rings is 2. The van der Waals surface area contributed by atoms with Crippen LogP contribution in [-0.2, 0) is 12.7 Å². The zero-order chi connectivity index (χ0) is 22.2.